The van der Waals surface area contributed by atoms with Gasteiger partial charge in [0.05, 0.1) is 6.26 Å². The molecule has 1 aliphatic heterocycles. The molecule has 0 saturated carbocycles. The molecular weight excluding hydrogens is 346 g/mol. The summed E-state index contributed by atoms with van der Waals surface area (Å²) in [5, 5.41) is 5.63. The van der Waals surface area contributed by atoms with Gasteiger partial charge in [0.15, 0.2) is 10.8 Å². The number of benzene rings is 1. The first-order valence-corrected chi connectivity index (χ1v) is 9.68. The minimum absolute atomic E-state index is 0.113. The molecule has 3 aromatic rings. The summed E-state index contributed by atoms with van der Waals surface area (Å²) in [6.45, 7) is 4.06. The molecule has 3 heterocycles. The van der Waals surface area contributed by atoms with Gasteiger partial charge in [-0.05, 0) is 31.0 Å². The maximum atomic E-state index is 12.5. The quantitative estimate of drug-likeness (QED) is 0.741. The number of amides is 1. The number of hydrogen-bond acceptors (Lipinski definition) is 5. The van der Waals surface area contributed by atoms with Gasteiger partial charge in [0, 0.05) is 30.6 Å². The van der Waals surface area contributed by atoms with Crippen LogP contribution in [0.5, 0.6) is 0 Å². The second-order valence-electron chi connectivity index (χ2n) is 6.56. The molecule has 1 aromatic carbocycles. The van der Waals surface area contributed by atoms with Crippen LogP contribution in [0.4, 0.5) is 0 Å². The van der Waals surface area contributed by atoms with Gasteiger partial charge in [-0.2, -0.15) is 0 Å². The molecule has 1 N–H and O–H groups in total. The largest absolute Gasteiger partial charge is 0.462 e. The molecule has 26 heavy (non-hydrogen) atoms. The second-order valence-corrected chi connectivity index (χ2v) is 7.41. The van der Waals surface area contributed by atoms with Crippen molar-refractivity contribution in [2.24, 2.45) is 0 Å². The van der Waals surface area contributed by atoms with E-state index in [0.29, 0.717) is 17.5 Å². The van der Waals surface area contributed by atoms with Crippen LogP contribution in [0, 0.1) is 0 Å². The number of hydrogen-bond donors (Lipinski definition) is 1. The maximum absolute atomic E-state index is 12.5. The number of thiazole rings is 1. The third-order valence-corrected chi connectivity index (χ3v) is 5.71. The number of nitrogens with one attached hydrogen (secondary N) is 1. The number of nitrogens with zero attached hydrogens (tertiary/aromatic N) is 2. The van der Waals surface area contributed by atoms with E-state index >= 15 is 0 Å². The zero-order valence-corrected chi connectivity index (χ0v) is 15.4. The van der Waals surface area contributed by atoms with Crippen LogP contribution in [-0.4, -0.2) is 34.9 Å². The Morgan fingerprint density at radius 2 is 2.15 bits per heavy atom. The maximum Gasteiger partial charge on any atom is 0.271 e. The van der Waals surface area contributed by atoms with Crippen molar-refractivity contribution in [1.29, 1.82) is 0 Å². The predicted octanol–water partition coefficient (Wildman–Crippen LogP) is 3.97. The molecule has 1 amide bonds. The van der Waals surface area contributed by atoms with Crippen molar-refractivity contribution in [2.45, 2.75) is 25.4 Å². The summed E-state index contributed by atoms with van der Waals surface area (Å²) in [5.41, 5.74) is 1.76. The van der Waals surface area contributed by atoms with E-state index < -0.39 is 0 Å². The normalized spacial score (nSPS) is 18.7. The van der Waals surface area contributed by atoms with Crippen molar-refractivity contribution in [3.8, 4) is 10.8 Å². The molecular formula is C20H21N3O2S. The summed E-state index contributed by atoms with van der Waals surface area (Å²) in [7, 11) is 0. The Balaban J connectivity index is 1.36. The molecule has 0 aliphatic carbocycles. The molecule has 0 spiro atoms. The van der Waals surface area contributed by atoms with Gasteiger partial charge in [-0.3, -0.25) is 9.69 Å². The highest BCUT2D eigenvalue weighted by Gasteiger charge is 2.28. The first-order valence-electron chi connectivity index (χ1n) is 8.80. The third kappa shape index (κ3) is 3.57. The van der Waals surface area contributed by atoms with Gasteiger partial charge >= 0.3 is 0 Å². The number of carbonyl (C=O) groups excluding carboxylic acids is 1. The molecule has 2 atom stereocenters. The molecule has 5 nitrogen and oxygen atoms in total. The summed E-state index contributed by atoms with van der Waals surface area (Å²) in [6, 6.07) is 14.7. The molecule has 1 fully saturated rings. The molecule has 6 heteroatoms. The van der Waals surface area contributed by atoms with Crippen LogP contribution in [0.25, 0.3) is 10.8 Å². The fraction of sp³-hybridized carbons (Fsp3) is 0.300. The number of rotatable bonds is 5. The minimum atomic E-state index is -0.113. The SMILES string of the molecule is C[C@@H](c1ccccc1)N1CC[C@@H](NC(=O)c2csc(-c3ccco3)n2)C1. The van der Waals surface area contributed by atoms with Crippen LogP contribution in [0.15, 0.2) is 58.5 Å². The molecule has 1 aliphatic rings. The Morgan fingerprint density at radius 3 is 2.92 bits per heavy atom. The Kier molecular flexibility index (Phi) is 4.86. The fourth-order valence-electron chi connectivity index (χ4n) is 3.35. The molecule has 4 rings (SSSR count). The van der Waals surface area contributed by atoms with Gasteiger partial charge in [0.25, 0.3) is 5.91 Å². The van der Waals surface area contributed by atoms with Gasteiger partial charge in [-0.15, -0.1) is 11.3 Å². The lowest BCUT2D eigenvalue weighted by Gasteiger charge is -2.24. The van der Waals surface area contributed by atoms with Crippen molar-refractivity contribution in [3.63, 3.8) is 0 Å². The van der Waals surface area contributed by atoms with E-state index in [2.05, 4.69) is 46.4 Å². The highest BCUT2D eigenvalue weighted by Crippen LogP contribution is 2.26. The number of likely N-dealkylation sites (tertiary alicyclic amines) is 1. The summed E-state index contributed by atoms with van der Waals surface area (Å²) in [5.74, 6) is 0.580. The smallest absolute Gasteiger partial charge is 0.271 e. The van der Waals surface area contributed by atoms with E-state index in [0.717, 1.165) is 24.5 Å². The van der Waals surface area contributed by atoms with E-state index in [1.807, 2.05) is 18.2 Å². The summed E-state index contributed by atoms with van der Waals surface area (Å²) in [6.07, 6.45) is 2.57. The van der Waals surface area contributed by atoms with E-state index in [1.165, 1.54) is 16.9 Å². The monoisotopic (exact) mass is 367 g/mol. The first-order chi connectivity index (χ1) is 12.7. The minimum Gasteiger partial charge on any atom is -0.462 e. The Bertz CT molecular complexity index is 860. The molecule has 0 bridgehead atoms. The molecule has 0 unspecified atom stereocenters. The lowest BCUT2D eigenvalue weighted by Crippen LogP contribution is -2.37. The van der Waals surface area contributed by atoms with Crippen LogP contribution in [0.2, 0.25) is 0 Å². The van der Waals surface area contributed by atoms with Crippen LogP contribution in [-0.2, 0) is 0 Å². The Morgan fingerprint density at radius 1 is 1.31 bits per heavy atom. The van der Waals surface area contributed by atoms with Crippen molar-refractivity contribution >= 4 is 17.2 Å². The van der Waals surface area contributed by atoms with Gasteiger partial charge in [-0.1, -0.05) is 30.3 Å². The van der Waals surface area contributed by atoms with Crippen LogP contribution in [0.1, 0.15) is 35.4 Å². The Hall–Kier alpha value is -2.44. The van der Waals surface area contributed by atoms with Crippen LogP contribution < -0.4 is 5.32 Å². The van der Waals surface area contributed by atoms with E-state index in [-0.39, 0.29) is 11.9 Å². The summed E-state index contributed by atoms with van der Waals surface area (Å²) in [4.78, 5) is 19.3. The van der Waals surface area contributed by atoms with Gasteiger partial charge < -0.3 is 9.73 Å². The molecule has 134 valence electrons. The van der Waals surface area contributed by atoms with Crippen molar-refractivity contribution in [1.82, 2.24) is 15.2 Å². The lowest BCUT2D eigenvalue weighted by atomic mass is 10.1. The first kappa shape index (κ1) is 17.0. The van der Waals surface area contributed by atoms with Crippen LogP contribution >= 0.6 is 11.3 Å². The van der Waals surface area contributed by atoms with E-state index in [1.54, 1.807) is 11.6 Å². The predicted molar refractivity (Wildman–Crippen MR) is 102 cm³/mol. The van der Waals surface area contributed by atoms with Crippen molar-refractivity contribution < 1.29 is 9.21 Å². The van der Waals surface area contributed by atoms with Gasteiger partial charge in [-0.25, -0.2) is 4.98 Å². The highest BCUT2D eigenvalue weighted by molar-refractivity contribution is 7.13. The fourth-order valence-corrected chi connectivity index (χ4v) is 4.12. The highest BCUT2D eigenvalue weighted by atomic mass is 32.1. The number of aromatic nitrogens is 1. The molecule has 0 radical (unpaired) electrons. The average Bonchev–Trinajstić information content (AvgIpc) is 3.41. The third-order valence-electron chi connectivity index (χ3n) is 4.85. The Labute approximate surface area is 156 Å². The van der Waals surface area contributed by atoms with Gasteiger partial charge in [0.1, 0.15) is 5.69 Å². The number of furan rings is 1. The lowest BCUT2D eigenvalue weighted by molar-refractivity contribution is 0.0932. The van der Waals surface area contributed by atoms with E-state index in [4.69, 9.17) is 4.42 Å². The average molecular weight is 367 g/mol. The van der Waals surface area contributed by atoms with Crippen molar-refractivity contribution in [2.75, 3.05) is 13.1 Å². The second kappa shape index (κ2) is 7.43. The topological polar surface area (TPSA) is 58.4 Å². The zero-order valence-electron chi connectivity index (χ0n) is 14.6. The summed E-state index contributed by atoms with van der Waals surface area (Å²) >= 11 is 1.42. The van der Waals surface area contributed by atoms with E-state index in [9.17, 15) is 4.79 Å². The van der Waals surface area contributed by atoms with Crippen molar-refractivity contribution in [3.05, 3.63) is 65.4 Å². The zero-order chi connectivity index (χ0) is 17.9. The summed E-state index contributed by atoms with van der Waals surface area (Å²) < 4.78 is 5.34. The molecule has 1 saturated heterocycles. The standard InChI is InChI=1S/C20H21N3O2S/c1-14(15-6-3-2-4-7-15)23-10-9-16(12-23)21-19(24)17-13-26-20(22-17)18-8-5-11-25-18/h2-8,11,13-14,16H,9-10,12H2,1H3,(H,21,24)/t14-,16+/m0/s1. The molecule has 2 aromatic heterocycles. The number of carbonyl (C=O) groups is 1. The van der Waals surface area contributed by atoms with Crippen LogP contribution in [0.3, 0.4) is 0 Å². The van der Waals surface area contributed by atoms with Gasteiger partial charge in [0.2, 0.25) is 0 Å².